The number of anilines is 2. The predicted octanol–water partition coefficient (Wildman–Crippen LogP) is 4.66. The lowest BCUT2D eigenvalue weighted by Gasteiger charge is -2.15. The molecule has 0 saturated carbocycles. The van der Waals surface area contributed by atoms with E-state index in [1.54, 1.807) is 36.4 Å². The van der Waals surface area contributed by atoms with Crippen LogP contribution in [0.4, 0.5) is 11.4 Å². The van der Waals surface area contributed by atoms with Crippen molar-refractivity contribution in [2.45, 2.75) is 25.7 Å². The molecule has 0 aliphatic rings. The lowest BCUT2D eigenvalue weighted by atomic mass is 10.1. The maximum atomic E-state index is 12.9. The monoisotopic (exact) mass is 394 g/mol. The summed E-state index contributed by atoms with van der Waals surface area (Å²) in [6, 6.07) is 18.8. The zero-order valence-corrected chi connectivity index (χ0v) is 16.8. The molecule has 5 nitrogen and oxygen atoms in total. The highest BCUT2D eigenvalue weighted by Crippen LogP contribution is 2.24. The molecule has 0 aliphatic carbocycles. The predicted molar refractivity (Wildman–Crippen MR) is 112 cm³/mol. The van der Waals surface area contributed by atoms with Crippen molar-refractivity contribution in [1.82, 2.24) is 0 Å². The second-order valence-electron chi connectivity index (χ2n) is 6.69. The minimum atomic E-state index is -3.81. The first-order valence-corrected chi connectivity index (χ1v) is 10.3. The van der Waals surface area contributed by atoms with Crippen molar-refractivity contribution >= 4 is 27.3 Å². The molecule has 6 heteroatoms. The van der Waals surface area contributed by atoms with Crippen LogP contribution in [0.15, 0.2) is 71.6 Å². The number of hydrogen-bond donors (Lipinski definition) is 2. The van der Waals surface area contributed by atoms with Gasteiger partial charge in [0, 0.05) is 5.69 Å². The molecule has 28 heavy (non-hydrogen) atoms. The number of aryl methyl sites for hydroxylation is 3. The summed E-state index contributed by atoms with van der Waals surface area (Å²) in [5.74, 6) is -0.375. The van der Waals surface area contributed by atoms with E-state index < -0.39 is 10.0 Å². The number of amides is 1. The quantitative estimate of drug-likeness (QED) is 0.661. The van der Waals surface area contributed by atoms with Gasteiger partial charge in [-0.3, -0.25) is 9.52 Å². The summed E-state index contributed by atoms with van der Waals surface area (Å²) >= 11 is 0. The van der Waals surface area contributed by atoms with Crippen molar-refractivity contribution in [3.05, 3.63) is 89.0 Å². The van der Waals surface area contributed by atoms with Crippen LogP contribution in [0.25, 0.3) is 0 Å². The lowest BCUT2D eigenvalue weighted by Crippen LogP contribution is -2.19. The van der Waals surface area contributed by atoms with Gasteiger partial charge >= 0.3 is 0 Å². The lowest BCUT2D eigenvalue weighted by molar-refractivity contribution is 0.102. The van der Waals surface area contributed by atoms with Gasteiger partial charge in [0.15, 0.2) is 0 Å². The minimum Gasteiger partial charge on any atom is -0.321 e. The smallest absolute Gasteiger partial charge is 0.261 e. The summed E-state index contributed by atoms with van der Waals surface area (Å²) in [6.07, 6.45) is 0. The van der Waals surface area contributed by atoms with E-state index in [9.17, 15) is 13.2 Å². The van der Waals surface area contributed by atoms with Crippen molar-refractivity contribution in [3.8, 4) is 0 Å². The zero-order valence-electron chi connectivity index (χ0n) is 16.0. The SMILES string of the molecule is Cc1ccc(S(=O)(=O)Nc2ccccc2C(=O)Nc2c(C)cccc2C)cc1. The Morgan fingerprint density at radius 2 is 1.39 bits per heavy atom. The Morgan fingerprint density at radius 3 is 2.04 bits per heavy atom. The highest BCUT2D eigenvalue weighted by Gasteiger charge is 2.19. The van der Waals surface area contributed by atoms with Gasteiger partial charge in [-0.2, -0.15) is 0 Å². The van der Waals surface area contributed by atoms with Crippen molar-refractivity contribution in [1.29, 1.82) is 0 Å². The summed E-state index contributed by atoms with van der Waals surface area (Å²) in [5, 5.41) is 2.89. The fraction of sp³-hybridized carbons (Fsp3) is 0.136. The van der Waals surface area contributed by atoms with Crippen LogP contribution in [-0.2, 0) is 10.0 Å². The van der Waals surface area contributed by atoms with E-state index in [4.69, 9.17) is 0 Å². The number of rotatable bonds is 5. The van der Waals surface area contributed by atoms with Gasteiger partial charge in [-0.25, -0.2) is 8.42 Å². The average molecular weight is 394 g/mol. The molecule has 3 aromatic rings. The van der Waals surface area contributed by atoms with Gasteiger partial charge in [-0.1, -0.05) is 48.0 Å². The largest absolute Gasteiger partial charge is 0.321 e. The fourth-order valence-electron chi connectivity index (χ4n) is 2.88. The van der Waals surface area contributed by atoms with E-state index in [-0.39, 0.29) is 22.1 Å². The van der Waals surface area contributed by atoms with Crippen LogP contribution in [0, 0.1) is 20.8 Å². The third-order valence-corrected chi connectivity index (χ3v) is 5.85. The van der Waals surface area contributed by atoms with E-state index in [2.05, 4.69) is 10.0 Å². The van der Waals surface area contributed by atoms with Crippen LogP contribution < -0.4 is 10.0 Å². The Kier molecular flexibility index (Phi) is 5.51. The maximum absolute atomic E-state index is 12.9. The van der Waals surface area contributed by atoms with Gasteiger partial charge in [0.05, 0.1) is 16.1 Å². The first kappa shape index (κ1) is 19.6. The van der Waals surface area contributed by atoms with E-state index in [1.807, 2.05) is 39.0 Å². The second kappa shape index (κ2) is 7.86. The molecule has 144 valence electrons. The van der Waals surface area contributed by atoms with Crippen LogP contribution >= 0.6 is 0 Å². The molecule has 0 saturated heterocycles. The zero-order chi connectivity index (χ0) is 20.3. The van der Waals surface area contributed by atoms with Gasteiger partial charge in [0.1, 0.15) is 0 Å². The number of nitrogens with one attached hydrogen (secondary N) is 2. The summed E-state index contributed by atoms with van der Waals surface area (Å²) in [4.78, 5) is 13.0. The normalized spacial score (nSPS) is 11.1. The van der Waals surface area contributed by atoms with Crippen LogP contribution in [0.3, 0.4) is 0 Å². The van der Waals surface area contributed by atoms with Crippen molar-refractivity contribution < 1.29 is 13.2 Å². The van der Waals surface area contributed by atoms with E-state index in [0.717, 1.165) is 22.4 Å². The fourth-order valence-corrected chi connectivity index (χ4v) is 3.96. The molecule has 0 bridgehead atoms. The molecule has 0 aromatic heterocycles. The molecule has 0 atom stereocenters. The number of carbonyl (C=O) groups is 1. The number of sulfonamides is 1. The summed E-state index contributed by atoms with van der Waals surface area (Å²) in [5.41, 5.74) is 4.04. The summed E-state index contributed by atoms with van der Waals surface area (Å²) in [6.45, 7) is 5.71. The Morgan fingerprint density at radius 1 is 0.786 bits per heavy atom. The first-order valence-electron chi connectivity index (χ1n) is 8.84. The molecule has 0 spiro atoms. The molecule has 1 amide bonds. The highest BCUT2D eigenvalue weighted by atomic mass is 32.2. The van der Waals surface area contributed by atoms with Gasteiger partial charge in [0.2, 0.25) is 0 Å². The number of benzene rings is 3. The highest BCUT2D eigenvalue weighted by molar-refractivity contribution is 7.92. The van der Waals surface area contributed by atoms with Crippen molar-refractivity contribution in [2.75, 3.05) is 10.0 Å². The van der Waals surface area contributed by atoms with E-state index >= 15 is 0 Å². The molecule has 0 heterocycles. The molecular formula is C22H22N2O3S. The van der Waals surface area contributed by atoms with Gasteiger partial charge in [-0.15, -0.1) is 0 Å². The Bertz CT molecular complexity index is 1100. The molecule has 0 aliphatic heterocycles. The second-order valence-corrected chi connectivity index (χ2v) is 8.37. The Hall–Kier alpha value is -3.12. The minimum absolute atomic E-state index is 0.142. The third kappa shape index (κ3) is 4.23. The molecule has 0 fully saturated rings. The Labute approximate surface area is 165 Å². The summed E-state index contributed by atoms with van der Waals surface area (Å²) < 4.78 is 28.0. The number of carbonyl (C=O) groups excluding carboxylic acids is 1. The van der Waals surface area contributed by atoms with Gasteiger partial charge < -0.3 is 5.32 Å². The number of hydrogen-bond acceptors (Lipinski definition) is 3. The molecule has 3 aromatic carbocycles. The van der Waals surface area contributed by atoms with Crippen LogP contribution in [0.5, 0.6) is 0 Å². The maximum Gasteiger partial charge on any atom is 0.261 e. The average Bonchev–Trinajstić information content (AvgIpc) is 2.65. The molecule has 2 N–H and O–H groups in total. The third-order valence-electron chi connectivity index (χ3n) is 4.47. The van der Waals surface area contributed by atoms with Gasteiger partial charge in [0.25, 0.3) is 15.9 Å². The van der Waals surface area contributed by atoms with E-state index in [1.165, 1.54) is 12.1 Å². The Balaban J connectivity index is 1.91. The topological polar surface area (TPSA) is 75.3 Å². The standard InChI is InChI=1S/C22H22N2O3S/c1-15-11-13-18(14-12-15)28(26,27)24-20-10-5-4-9-19(20)22(25)23-21-16(2)7-6-8-17(21)3/h4-14,24H,1-3H3,(H,23,25). The number of para-hydroxylation sites is 2. The molecule has 3 rings (SSSR count). The molecule has 0 unspecified atom stereocenters. The van der Waals surface area contributed by atoms with Crippen LogP contribution in [-0.4, -0.2) is 14.3 Å². The first-order chi connectivity index (χ1) is 13.3. The molecular weight excluding hydrogens is 372 g/mol. The van der Waals surface area contributed by atoms with Crippen molar-refractivity contribution in [3.63, 3.8) is 0 Å². The van der Waals surface area contributed by atoms with Crippen LogP contribution in [0.1, 0.15) is 27.0 Å². The van der Waals surface area contributed by atoms with Crippen molar-refractivity contribution in [2.24, 2.45) is 0 Å². The molecule has 0 radical (unpaired) electrons. The van der Waals surface area contributed by atoms with Gasteiger partial charge in [-0.05, 0) is 56.2 Å². The van der Waals surface area contributed by atoms with Crippen LogP contribution in [0.2, 0.25) is 0 Å². The summed E-state index contributed by atoms with van der Waals surface area (Å²) in [7, 11) is -3.81. The van der Waals surface area contributed by atoms with E-state index in [0.29, 0.717) is 0 Å².